The minimum atomic E-state index is -0.306. The molecule has 0 radical (unpaired) electrons. The van der Waals surface area contributed by atoms with Gasteiger partial charge in [-0.2, -0.15) is 0 Å². The minimum absolute atomic E-state index is 0.0895. The minimum Gasteiger partial charge on any atom is -0.451 e. The lowest BCUT2D eigenvalue weighted by molar-refractivity contribution is 0.0920. The smallest absolute Gasteiger partial charge is 0.287 e. The molecule has 4 heteroatoms. The van der Waals surface area contributed by atoms with Crippen LogP contribution >= 0.6 is 0 Å². The maximum Gasteiger partial charge on any atom is 0.287 e. The van der Waals surface area contributed by atoms with Crippen LogP contribution in [-0.4, -0.2) is 12.5 Å². The van der Waals surface area contributed by atoms with Gasteiger partial charge >= 0.3 is 0 Å². The molecule has 0 spiro atoms. The first-order chi connectivity index (χ1) is 9.74. The highest BCUT2D eigenvalue weighted by molar-refractivity contribution is 5.93. The van der Waals surface area contributed by atoms with E-state index in [1.54, 1.807) is 24.3 Å². The van der Waals surface area contributed by atoms with Crippen LogP contribution < -0.4 is 10.7 Å². The third-order valence-electron chi connectivity index (χ3n) is 3.88. The molecule has 2 aromatic rings. The molecule has 4 nitrogen and oxygen atoms in total. The van der Waals surface area contributed by atoms with Gasteiger partial charge in [0.2, 0.25) is 0 Å². The molecule has 1 aliphatic carbocycles. The Morgan fingerprint density at radius 3 is 2.80 bits per heavy atom. The fraction of sp³-hybridized carbons (Fsp3) is 0.375. The molecule has 3 rings (SSSR count). The largest absolute Gasteiger partial charge is 0.451 e. The van der Waals surface area contributed by atoms with Gasteiger partial charge in [-0.05, 0) is 30.9 Å². The molecule has 1 amide bonds. The van der Waals surface area contributed by atoms with Gasteiger partial charge in [0.15, 0.2) is 11.2 Å². The molecular formula is C16H17NO3. The molecule has 0 bridgehead atoms. The van der Waals surface area contributed by atoms with E-state index in [9.17, 15) is 9.59 Å². The molecule has 0 atom stereocenters. The van der Waals surface area contributed by atoms with Gasteiger partial charge < -0.3 is 9.73 Å². The predicted octanol–water partition coefficient (Wildman–Crippen LogP) is 2.71. The number of hydrogen-bond acceptors (Lipinski definition) is 3. The van der Waals surface area contributed by atoms with Crippen molar-refractivity contribution < 1.29 is 9.21 Å². The van der Waals surface area contributed by atoms with Gasteiger partial charge in [0.25, 0.3) is 5.91 Å². The van der Waals surface area contributed by atoms with E-state index in [4.69, 9.17) is 4.42 Å². The summed E-state index contributed by atoms with van der Waals surface area (Å²) in [4.78, 5) is 24.0. The Labute approximate surface area is 116 Å². The van der Waals surface area contributed by atoms with E-state index >= 15 is 0 Å². The number of rotatable bonds is 3. The molecule has 104 valence electrons. The highest BCUT2D eigenvalue weighted by Gasteiger charge is 2.17. The van der Waals surface area contributed by atoms with Crippen LogP contribution in [0.25, 0.3) is 11.0 Å². The lowest BCUT2D eigenvalue weighted by atomic mass is 10.1. The fourth-order valence-corrected chi connectivity index (χ4v) is 2.75. The second-order valence-corrected chi connectivity index (χ2v) is 5.33. The topological polar surface area (TPSA) is 59.3 Å². The summed E-state index contributed by atoms with van der Waals surface area (Å²) in [6.45, 7) is 0.662. The first kappa shape index (κ1) is 12.9. The van der Waals surface area contributed by atoms with E-state index in [2.05, 4.69) is 5.32 Å². The number of nitrogens with one attached hydrogen (secondary N) is 1. The molecule has 1 heterocycles. The Kier molecular flexibility index (Phi) is 3.54. The van der Waals surface area contributed by atoms with Crippen LogP contribution in [0.2, 0.25) is 0 Å². The fourth-order valence-electron chi connectivity index (χ4n) is 2.75. The Hall–Kier alpha value is -2.10. The maximum atomic E-state index is 12.1. The van der Waals surface area contributed by atoms with Gasteiger partial charge in [0.05, 0.1) is 5.39 Å². The number of carbonyl (C=O) groups excluding carboxylic acids is 1. The second-order valence-electron chi connectivity index (χ2n) is 5.33. The lowest BCUT2D eigenvalue weighted by Gasteiger charge is -2.10. The first-order valence-electron chi connectivity index (χ1n) is 7.05. The molecule has 1 aliphatic rings. The van der Waals surface area contributed by atoms with Crippen LogP contribution in [0.4, 0.5) is 0 Å². The zero-order valence-electron chi connectivity index (χ0n) is 11.2. The molecule has 1 aromatic carbocycles. The summed E-state index contributed by atoms with van der Waals surface area (Å²) < 4.78 is 5.51. The number of carbonyl (C=O) groups is 1. The van der Waals surface area contributed by atoms with Crippen molar-refractivity contribution in [2.45, 2.75) is 25.7 Å². The molecule has 0 aliphatic heterocycles. The van der Waals surface area contributed by atoms with Gasteiger partial charge in [-0.25, -0.2) is 0 Å². The van der Waals surface area contributed by atoms with Gasteiger partial charge in [-0.15, -0.1) is 0 Å². The van der Waals surface area contributed by atoms with Gasteiger partial charge in [0, 0.05) is 12.6 Å². The average molecular weight is 271 g/mol. The summed E-state index contributed by atoms with van der Waals surface area (Å²) in [6, 6.07) is 8.22. The second kappa shape index (κ2) is 5.49. The lowest BCUT2D eigenvalue weighted by Crippen LogP contribution is -2.29. The maximum absolute atomic E-state index is 12.1. The van der Waals surface area contributed by atoms with Crippen LogP contribution in [0.15, 0.2) is 39.5 Å². The van der Waals surface area contributed by atoms with E-state index < -0.39 is 0 Å². The van der Waals surface area contributed by atoms with Crippen LogP contribution in [0.5, 0.6) is 0 Å². The summed E-state index contributed by atoms with van der Waals surface area (Å²) >= 11 is 0. The van der Waals surface area contributed by atoms with E-state index in [0.717, 1.165) is 0 Å². The van der Waals surface area contributed by atoms with Crippen molar-refractivity contribution in [1.82, 2.24) is 5.32 Å². The standard InChI is InChI=1S/C16H17NO3/c18-13-9-15(20-14-8-4-3-7-12(13)14)16(19)17-10-11-5-1-2-6-11/h3-4,7-9,11H,1-2,5-6,10H2,(H,17,19). The molecule has 0 saturated heterocycles. The molecule has 1 fully saturated rings. The predicted molar refractivity (Wildman–Crippen MR) is 76.8 cm³/mol. The number of fused-ring (bicyclic) bond motifs is 1. The zero-order chi connectivity index (χ0) is 13.9. The Morgan fingerprint density at radius 1 is 1.25 bits per heavy atom. The highest BCUT2D eigenvalue weighted by atomic mass is 16.3. The van der Waals surface area contributed by atoms with Crippen LogP contribution in [0, 0.1) is 5.92 Å². The SMILES string of the molecule is O=C(NCC1CCCC1)c1cc(=O)c2ccccc2o1. The summed E-state index contributed by atoms with van der Waals surface area (Å²) in [7, 11) is 0. The zero-order valence-corrected chi connectivity index (χ0v) is 11.2. The molecule has 1 saturated carbocycles. The third-order valence-corrected chi connectivity index (χ3v) is 3.88. The Morgan fingerprint density at radius 2 is 2.00 bits per heavy atom. The number of para-hydroxylation sites is 1. The quantitative estimate of drug-likeness (QED) is 0.933. The Balaban J connectivity index is 1.79. The molecular weight excluding hydrogens is 254 g/mol. The Bertz CT molecular complexity index is 683. The van der Waals surface area contributed by atoms with Crippen LogP contribution in [0.1, 0.15) is 36.2 Å². The van der Waals surface area contributed by atoms with Gasteiger partial charge in [-0.3, -0.25) is 9.59 Å². The van der Waals surface area contributed by atoms with Crippen molar-refractivity contribution in [3.8, 4) is 0 Å². The van der Waals surface area contributed by atoms with Crippen molar-refractivity contribution >= 4 is 16.9 Å². The van der Waals surface area contributed by atoms with Crippen LogP contribution in [0.3, 0.4) is 0 Å². The van der Waals surface area contributed by atoms with Crippen molar-refractivity contribution in [3.63, 3.8) is 0 Å². The monoisotopic (exact) mass is 271 g/mol. The first-order valence-corrected chi connectivity index (χ1v) is 7.05. The van der Waals surface area contributed by atoms with E-state index in [-0.39, 0.29) is 17.1 Å². The normalized spacial score (nSPS) is 15.6. The van der Waals surface area contributed by atoms with E-state index in [1.165, 1.54) is 31.7 Å². The summed E-state index contributed by atoms with van der Waals surface area (Å²) in [5.74, 6) is 0.345. The van der Waals surface area contributed by atoms with Crippen molar-refractivity contribution in [1.29, 1.82) is 0 Å². The highest BCUT2D eigenvalue weighted by Crippen LogP contribution is 2.23. The summed E-state index contributed by atoms with van der Waals surface area (Å²) in [5.41, 5.74) is 0.267. The molecule has 20 heavy (non-hydrogen) atoms. The molecule has 1 N–H and O–H groups in total. The number of benzene rings is 1. The van der Waals surface area contributed by atoms with Crippen molar-refractivity contribution in [2.75, 3.05) is 6.54 Å². The van der Waals surface area contributed by atoms with Gasteiger partial charge in [0.1, 0.15) is 5.58 Å². The van der Waals surface area contributed by atoms with Gasteiger partial charge in [-0.1, -0.05) is 25.0 Å². The summed E-state index contributed by atoms with van der Waals surface area (Å²) in [6.07, 6.45) is 4.82. The van der Waals surface area contributed by atoms with E-state index in [1.807, 2.05) is 0 Å². The third kappa shape index (κ3) is 2.59. The summed E-state index contributed by atoms with van der Waals surface area (Å²) in [5, 5.41) is 3.36. The molecule has 1 aromatic heterocycles. The van der Waals surface area contributed by atoms with Crippen LogP contribution in [-0.2, 0) is 0 Å². The molecule has 0 unspecified atom stereocenters. The average Bonchev–Trinajstić information content (AvgIpc) is 2.98. The number of hydrogen-bond donors (Lipinski definition) is 1. The van der Waals surface area contributed by atoms with Crippen molar-refractivity contribution in [3.05, 3.63) is 46.3 Å². The van der Waals surface area contributed by atoms with E-state index in [0.29, 0.717) is 23.4 Å². The number of amides is 1. The van der Waals surface area contributed by atoms with Crippen molar-refractivity contribution in [2.24, 2.45) is 5.92 Å².